The number of carboxylic acid groups (broad SMARTS) is 1. The average Bonchev–Trinajstić information content (AvgIpc) is 2.78. The molecule has 1 aliphatic rings. The van der Waals surface area contributed by atoms with E-state index in [1.165, 1.54) is 0 Å². The van der Waals surface area contributed by atoms with Crippen LogP contribution in [0.1, 0.15) is 42.4 Å². The molecule has 0 atom stereocenters. The summed E-state index contributed by atoms with van der Waals surface area (Å²) in [4.78, 5) is 23.3. The summed E-state index contributed by atoms with van der Waals surface area (Å²) in [6.07, 6.45) is 4.24. The average molecular weight is 315 g/mol. The number of carbonyl (C=O) groups excluding carboxylic acids is 1. The van der Waals surface area contributed by atoms with Gasteiger partial charge in [-0.05, 0) is 56.4 Å². The maximum Gasteiger partial charge on any atom is 0.305 e. The standard InChI is InChI=1S/C18H21NO4/c1-11-6-14-13(10-23-15(14)7-12(11)2)8-16(20)19-18(4-3-5-18)9-17(21)22/h6-7,10H,3-5,8-9H2,1-2H3,(H,19,20)(H,21,22). The van der Waals surface area contributed by atoms with Gasteiger partial charge in [-0.3, -0.25) is 9.59 Å². The van der Waals surface area contributed by atoms with Gasteiger partial charge in [0.2, 0.25) is 5.91 Å². The van der Waals surface area contributed by atoms with Crippen molar-refractivity contribution in [1.82, 2.24) is 5.32 Å². The molecule has 0 saturated heterocycles. The Bertz CT molecular complexity index is 771. The van der Waals surface area contributed by atoms with Gasteiger partial charge in [-0.2, -0.15) is 0 Å². The molecule has 0 unspecified atom stereocenters. The van der Waals surface area contributed by atoms with Gasteiger partial charge in [-0.25, -0.2) is 0 Å². The topological polar surface area (TPSA) is 79.5 Å². The highest BCUT2D eigenvalue weighted by Gasteiger charge is 2.40. The second-order valence-corrected chi connectivity index (χ2v) is 6.62. The van der Waals surface area contributed by atoms with Crippen LogP contribution in [0.3, 0.4) is 0 Å². The van der Waals surface area contributed by atoms with Crippen molar-refractivity contribution in [3.05, 3.63) is 35.1 Å². The van der Waals surface area contributed by atoms with Crippen LogP contribution in [-0.2, 0) is 16.0 Å². The Morgan fingerprint density at radius 3 is 2.57 bits per heavy atom. The maximum atomic E-state index is 12.4. The zero-order valence-corrected chi connectivity index (χ0v) is 13.4. The van der Waals surface area contributed by atoms with Gasteiger partial charge in [0.05, 0.1) is 24.6 Å². The summed E-state index contributed by atoms with van der Waals surface area (Å²) < 4.78 is 5.55. The van der Waals surface area contributed by atoms with Gasteiger partial charge in [0.1, 0.15) is 5.58 Å². The van der Waals surface area contributed by atoms with Crippen LogP contribution in [0.5, 0.6) is 0 Å². The summed E-state index contributed by atoms with van der Waals surface area (Å²) in [5, 5.41) is 12.9. The third-order valence-corrected chi connectivity index (χ3v) is 4.83. The number of furan rings is 1. The summed E-state index contributed by atoms with van der Waals surface area (Å²) in [5.74, 6) is -1.02. The highest BCUT2D eigenvalue weighted by Crippen LogP contribution is 2.35. The van der Waals surface area contributed by atoms with E-state index >= 15 is 0 Å². The van der Waals surface area contributed by atoms with Crippen molar-refractivity contribution in [2.45, 2.75) is 51.5 Å². The zero-order chi connectivity index (χ0) is 16.6. The van der Waals surface area contributed by atoms with Crippen LogP contribution in [-0.4, -0.2) is 22.5 Å². The number of rotatable bonds is 5. The van der Waals surface area contributed by atoms with Crippen molar-refractivity contribution in [2.24, 2.45) is 0 Å². The molecule has 1 saturated carbocycles. The van der Waals surface area contributed by atoms with Crippen LogP contribution in [0.15, 0.2) is 22.8 Å². The summed E-state index contributed by atoms with van der Waals surface area (Å²) in [5.41, 5.74) is 3.36. The van der Waals surface area contributed by atoms with Gasteiger partial charge in [-0.15, -0.1) is 0 Å². The van der Waals surface area contributed by atoms with E-state index in [1.54, 1.807) is 6.26 Å². The molecule has 3 rings (SSSR count). The molecule has 122 valence electrons. The second kappa shape index (κ2) is 5.72. The fourth-order valence-electron chi connectivity index (χ4n) is 3.23. The normalized spacial score (nSPS) is 16.1. The van der Waals surface area contributed by atoms with Crippen molar-refractivity contribution >= 4 is 22.8 Å². The first-order chi connectivity index (χ1) is 10.9. The number of benzene rings is 1. The van der Waals surface area contributed by atoms with Gasteiger partial charge in [0, 0.05) is 10.9 Å². The molecule has 0 radical (unpaired) electrons. The highest BCUT2D eigenvalue weighted by atomic mass is 16.4. The monoisotopic (exact) mass is 315 g/mol. The molecule has 1 aliphatic carbocycles. The Balaban J connectivity index is 1.75. The van der Waals surface area contributed by atoms with Crippen molar-refractivity contribution in [3.63, 3.8) is 0 Å². The Labute approximate surface area is 134 Å². The number of aryl methyl sites for hydroxylation is 2. The van der Waals surface area contributed by atoms with Crippen LogP contribution in [0.4, 0.5) is 0 Å². The van der Waals surface area contributed by atoms with Crippen LogP contribution in [0, 0.1) is 13.8 Å². The lowest BCUT2D eigenvalue weighted by Crippen LogP contribution is -2.55. The highest BCUT2D eigenvalue weighted by molar-refractivity contribution is 5.89. The lowest BCUT2D eigenvalue weighted by atomic mass is 9.74. The van der Waals surface area contributed by atoms with E-state index in [2.05, 4.69) is 5.32 Å². The van der Waals surface area contributed by atoms with E-state index in [0.29, 0.717) is 0 Å². The van der Waals surface area contributed by atoms with Gasteiger partial charge < -0.3 is 14.8 Å². The predicted octanol–water partition coefficient (Wildman–Crippen LogP) is 3.11. The number of aliphatic carboxylic acids is 1. The van der Waals surface area contributed by atoms with E-state index in [0.717, 1.165) is 46.9 Å². The number of fused-ring (bicyclic) bond motifs is 1. The predicted molar refractivity (Wildman–Crippen MR) is 86.4 cm³/mol. The zero-order valence-electron chi connectivity index (χ0n) is 13.4. The fraction of sp³-hybridized carbons (Fsp3) is 0.444. The number of hydrogen-bond acceptors (Lipinski definition) is 3. The van der Waals surface area contributed by atoms with Crippen LogP contribution in [0.25, 0.3) is 11.0 Å². The quantitative estimate of drug-likeness (QED) is 0.888. The lowest BCUT2D eigenvalue weighted by Gasteiger charge is -2.41. The maximum absolute atomic E-state index is 12.4. The number of nitrogens with one attached hydrogen (secondary N) is 1. The lowest BCUT2D eigenvalue weighted by molar-refractivity contribution is -0.140. The molecule has 0 bridgehead atoms. The molecule has 2 N–H and O–H groups in total. The number of carbonyl (C=O) groups is 2. The first-order valence-electron chi connectivity index (χ1n) is 7.89. The molecular formula is C18H21NO4. The SMILES string of the molecule is Cc1cc2occ(CC(=O)NC3(CC(=O)O)CCC3)c2cc1C. The van der Waals surface area contributed by atoms with Gasteiger partial charge in [0.15, 0.2) is 0 Å². The molecule has 5 heteroatoms. The van der Waals surface area contributed by atoms with Crippen molar-refractivity contribution < 1.29 is 19.1 Å². The molecule has 1 aromatic heterocycles. The van der Waals surface area contributed by atoms with Crippen LogP contribution >= 0.6 is 0 Å². The molecule has 1 fully saturated rings. The molecule has 5 nitrogen and oxygen atoms in total. The summed E-state index contributed by atoms with van der Waals surface area (Å²) in [6.45, 7) is 4.05. The van der Waals surface area contributed by atoms with Crippen LogP contribution in [0.2, 0.25) is 0 Å². The Morgan fingerprint density at radius 2 is 1.96 bits per heavy atom. The second-order valence-electron chi connectivity index (χ2n) is 6.62. The van der Waals surface area contributed by atoms with Crippen molar-refractivity contribution in [3.8, 4) is 0 Å². The first-order valence-corrected chi connectivity index (χ1v) is 7.89. The van der Waals surface area contributed by atoms with E-state index < -0.39 is 11.5 Å². The smallest absolute Gasteiger partial charge is 0.305 e. The van der Waals surface area contributed by atoms with Crippen molar-refractivity contribution in [1.29, 1.82) is 0 Å². The number of carboxylic acids is 1. The Kier molecular flexibility index (Phi) is 3.88. The molecule has 0 aliphatic heterocycles. The summed E-state index contributed by atoms with van der Waals surface area (Å²) in [6, 6.07) is 4.01. The molecule has 1 amide bonds. The molecule has 23 heavy (non-hydrogen) atoms. The molecule has 1 heterocycles. The third-order valence-electron chi connectivity index (χ3n) is 4.83. The molecule has 1 aromatic carbocycles. The van der Waals surface area contributed by atoms with Gasteiger partial charge in [0.25, 0.3) is 0 Å². The van der Waals surface area contributed by atoms with Gasteiger partial charge in [-0.1, -0.05) is 0 Å². The van der Waals surface area contributed by atoms with Crippen molar-refractivity contribution in [2.75, 3.05) is 0 Å². The van der Waals surface area contributed by atoms with E-state index in [4.69, 9.17) is 9.52 Å². The summed E-state index contributed by atoms with van der Waals surface area (Å²) >= 11 is 0. The number of hydrogen-bond donors (Lipinski definition) is 2. The largest absolute Gasteiger partial charge is 0.481 e. The fourth-order valence-corrected chi connectivity index (χ4v) is 3.23. The van der Waals surface area contributed by atoms with E-state index in [1.807, 2.05) is 26.0 Å². The summed E-state index contributed by atoms with van der Waals surface area (Å²) in [7, 11) is 0. The first kappa shape index (κ1) is 15.6. The number of amides is 1. The minimum atomic E-state index is -0.870. The Hall–Kier alpha value is -2.30. The Morgan fingerprint density at radius 1 is 1.26 bits per heavy atom. The minimum absolute atomic E-state index is 0.0107. The van der Waals surface area contributed by atoms with Crippen LogP contribution < -0.4 is 5.32 Å². The molecule has 2 aromatic rings. The third kappa shape index (κ3) is 3.09. The molecular weight excluding hydrogens is 294 g/mol. The molecule has 0 spiro atoms. The van der Waals surface area contributed by atoms with E-state index in [-0.39, 0.29) is 18.7 Å². The van der Waals surface area contributed by atoms with Gasteiger partial charge >= 0.3 is 5.97 Å². The van der Waals surface area contributed by atoms with E-state index in [9.17, 15) is 9.59 Å². The minimum Gasteiger partial charge on any atom is -0.481 e.